The van der Waals surface area contributed by atoms with E-state index in [2.05, 4.69) is 0 Å². The molecule has 1 aliphatic heterocycles. The zero-order valence-electron chi connectivity index (χ0n) is 10.2. The minimum Gasteiger partial charge on any atom is -0.357 e. The molecule has 0 N–H and O–H groups in total. The minimum absolute atomic E-state index is 0.108. The van der Waals surface area contributed by atoms with Crippen molar-refractivity contribution < 1.29 is 13.5 Å². The molecule has 1 heterocycles. The van der Waals surface area contributed by atoms with E-state index in [9.17, 15) is 8.78 Å². The number of alkyl halides is 2. The van der Waals surface area contributed by atoms with Crippen LogP contribution in [0.4, 0.5) is 8.78 Å². The van der Waals surface area contributed by atoms with E-state index < -0.39 is 10.9 Å². The summed E-state index contributed by atoms with van der Waals surface area (Å²) >= 11 is 0.652. The van der Waals surface area contributed by atoms with Crippen molar-refractivity contribution in [3.8, 4) is 0 Å². The Hall–Kier alpha value is -0.610. The van der Waals surface area contributed by atoms with Crippen LogP contribution in [0.1, 0.15) is 23.6 Å². The van der Waals surface area contributed by atoms with Gasteiger partial charge in [-0.25, -0.2) is 0 Å². The number of ether oxygens (including phenoxy) is 1. The van der Waals surface area contributed by atoms with E-state index in [1.54, 1.807) is 13.0 Å². The van der Waals surface area contributed by atoms with Crippen molar-refractivity contribution in [2.45, 2.75) is 31.6 Å². The summed E-state index contributed by atoms with van der Waals surface area (Å²) in [5, 5.41) is -2.86. The normalized spacial score (nSPS) is 23.8. The molecule has 1 unspecified atom stereocenters. The number of benzene rings is 1. The molecular formula is C13H16F2OS. The molecule has 1 aromatic rings. The first-order valence-corrected chi connectivity index (χ1v) is 6.65. The predicted octanol–water partition coefficient (Wildman–Crippen LogP) is 3.87. The third kappa shape index (κ3) is 2.08. The number of hydrogen-bond donors (Lipinski definition) is 0. The lowest BCUT2D eigenvalue weighted by atomic mass is 9.94. The summed E-state index contributed by atoms with van der Waals surface area (Å²) in [6.07, 6.45) is 0. The largest absolute Gasteiger partial charge is 0.357 e. The van der Waals surface area contributed by atoms with Gasteiger partial charge in [0.25, 0.3) is 0 Å². The molecule has 1 nitrogen and oxygen atoms in total. The van der Waals surface area contributed by atoms with Crippen LogP contribution in [-0.2, 0) is 10.3 Å². The smallest absolute Gasteiger partial charge is 0.328 e. The Kier molecular flexibility index (Phi) is 3.21. The molecule has 4 heteroatoms. The van der Waals surface area contributed by atoms with E-state index in [1.165, 1.54) is 0 Å². The van der Waals surface area contributed by atoms with Crippen LogP contribution in [0.15, 0.2) is 18.2 Å². The van der Waals surface area contributed by atoms with Gasteiger partial charge in [0.05, 0.1) is 6.61 Å². The number of aryl methyl sites for hydroxylation is 2. The summed E-state index contributed by atoms with van der Waals surface area (Å²) in [6, 6.07) is 5.55. The fourth-order valence-corrected chi connectivity index (χ4v) is 2.94. The highest BCUT2D eigenvalue weighted by Gasteiger charge is 2.66. The van der Waals surface area contributed by atoms with Gasteiger partial charge in [0.15, 0.2) is 5.60 Å². The molecule has 1 saturated heterocycles. The van der Waals surface area contributed by atoms with Crippen LogP contribution in [0.25, 0.3) is 0 Å². The molecule has 1 fully saturated rings. The van der Waals surface area contributed by atoms with Gasteiger partial charge in [0.1, 0.15) is 0 Å². The minimum atomic E-state index is -2.86. The Morgan fingerprint density at radius 3 is 2.53 bits per heavy atom. The highest BCUT2D eigenvalue weighted by atomic mass is 32.2. The molecule has 0 spiro atoms. The van der Waals surface area contributed by atoms with E-state index >= 15 is 0 Å². The second-order valence-corrected chi connectivity index (χ2v) is 5.76. The summed E-state index contributed by atoms with van der Waals surface area (Å²) < 4.78 is 33.3. The summed E-state index contributed by atoms with van der Waals surface area (Å²) in [5.74, 6) is 0.378. The van der Waals surface area contributed by atoms with Gasteiger partial charge < -0.3 is 4.74 Å². The standard InChI is InChI=1S/C13H16F2OS/c1-4-17-13(14,15)12(8-16-12)11-6-5-9(2)7-10(11)3/h5-7H,4,8H2,1-3H3. The lowest BCUT2D eigenvalue weighted by Gasteiger charge is -2.24. The quantitative estimate of drug-likeness (QED) is 0.760. The van der Waals surface area contributed by atoms with E-state index in [0.717, 1.165) is 11.1 Å². The van der Waals surface area contributed by atoms with Gasteiger partial charge in [-0.1, -0.05) is 42.4 Å². The lowest BCUT2D eigenvalue weighted by molar-refractivity contribution is 0.00934. The van der Waals surface area contributed by atoms with Crippen molar-refractivity contribution in [3.63, 3.8) is 0 Å². The first kappa shape index (κ1) is 12.8. The molecule has 0 amide bonds. The van der Waals surface area contributed by atoms with Crippen LogP contribution in [0.3, 0.4) is 0 Å². The van der Waals surface area contributed by atoms with Crippen molar-refractivity contribution in [3.05, 3.63) is 34.9 Å². The molecule has 0 saturated carbocycles. The molecule has 17 heavy (non-hydrogen) atoms. The second-order valence-electron chi connectivity index (χ2n) is 4.38. The maximum absolute atomic E-state index is 14.1. The van der Waals surface area contributed by atoms with Crippen molar-refractivity contribution in [2.75, 3.05) is 12.4 Å². The first-order valence-electron chi connectivity index (χ1n) is 5.66. The molecule has 0 bridgehead atoms. The summed E-state index contributed by atoms with van der Waals surface area (Å²) in [5.41, 5.74) is 1.17. The zero-order chi connectivity index (χ0) is 12.7. The van der Waals surface area contributed by atoms with Crippen LogP contribution in [0.5, 0.6) is 0 Å². The molecule has 1 atom stereocenters. The fraction of sp³-hybridized carbons (Fsp3) is 0.538. The molecule has 94 valence electrons. The van der Waals surface area contributed by atoms with Crippen molar-refractivity contribution in [1.29, 1.82) is 0 Å². The molecule has 1 aliphatic rings. The third-order valence-electron chi connectivity index (χ3n) is 3.05. The number of hydrogen-bond acceptors (Lipinski definition) is 2. The van der Waals surface area contributed by atoms with Gasteiger partial charge in [0.2, 0.25) is 0 Å². The third-order valence-corrected chi connectivity index (χ3v) is 4.03. The topological polar surface area (TPSA) is 12.5 Å². The molecule has 0 aliphatic carbocycles. The van der Waals surface area contributed by atoms with Gasteiger partial charge in [-0.3, -0.25) is 0 Å². The lowest BCUT2D eigenvalue weighted by Crippen LogP contribution is -2.32. The van der Waals surface area contributed by atoms with Gasteiger partial charge in [-0.2, -0.15) is 8.78 Å². The average molecular weight is 258 g/mol. The van der Waals surface area contributed by atoms with E-state index in [0.29, 0.717) is 23.1 Å². The van der Waals surface area contributed by atoms with Gasteiger partial charge >= 0.3 is 5.25 Å². The maximum Gasteiger partial charge on any atom is 0.328 e. The number of rotatable bonds is 4. The molecule has 0 radical (unpaired) electrons. The SMILES string of the molecule is CCSC(F)(F)C1(c2ccc(C)cc2C)CO1. The van der Waals surface area contributed by atoms with Gasteiger partial charge in [0, 0.05) is 0 Å². The van der Waals surface area contributed by atoms with Gasteiger partial charge in [-0.05, 0) is 30.7 Å². The Bertz CT molecular complexity index is 427. The summed E-state index contributed by atoms with van der Waals surface area (Å²) in [4.78, 5) is 0. The zero-order valence-corrected chi connectivity index (χ0v) is 11.0. The molecular weight excluding hydrogens is 242 g/mol. The average Bonchev–Trinajstić information content (AvgIpc) is 2.98. The Morgan fingerprint density at radius 2 is 2.06 bits per heavy atom. The Morgan fingerprint density at radius 1 is 1.41 bits per heavy atom. The summed E-state index contributed by atoms with van der Waals surface area (Å²) in [7, 11) is 0. The number of halogens is 2. The first-order chi connectivity index (χ1) is 7.93. The monoisotopic (exact) mass is 258 g/mol. The Labute approximate surface area is 105 Å². The summed E-state index contributed by atoms with van der Waals surface area (Å²) in [6.45, 7) is 5.65. The van der Waals surface area contributed by atoms with Crippen LogP contribution < -0.4 is 0 Å². The van der Waals surface area contributed by atoms with Crippen LogP contribution >= 0.6 is 11.8 Å². The van der Waals surface area contributed by atoms with Crippen LogP contribution in [0.2, 0.25) is 0 Å². The number of thioether (sulfide) groups is 1. The maximum atomic E-state index is 14.1. The fourth-order valence-electron chi connectivity index (χ4n) is 2.12. The van der Waals surface area contributed by atoms with Crippen LogP contribution in [-0.4, -0.2) is 17.6 Å². The Balaban J connectivity index is 2.39. The van der Waals surface area contributed by atoms with E-state index in [4.69, 9.17) is 4.74 Å². The van der Waals surface area contributed by atoms with E-state index in [1.807, 2.05) is 26.0 Å². The highest BCUT2D eigenvalue weighted by Crippen LogP contribution is 2.56. The second kappa shape index (κ2) is 4.25. The number of epoxide rings is 1. The van der Waals surface area contributed by atoms with Crippen molar-refractivity contribution >= 4 is 11.8 Å². The molecule has 1 aromatic carbocycles. The molecule has 2 rings (SSSR count). The van der Waals surface area contributed by atoms with Gasteiger partial charge in [-0.15, -0.1) is 0 Å². The van der Waals surface area contributed by atoms with Crippen molar-refractivity contribution in [2.24, 2.45) is 0 Å². The van der Waals surface area contributed by atoms with Crippen molar-refractivity contribution in [1.82, 2.24) is 0 Å². The van der Waals surface area contributed by atoms with Crippen LogP contribution in [0, 0.1) is 13.8 Å². The highest BCUT2D eigenvalue weighted by molar-refractivity contribution is 8.00. The predicted molar refractivity (Wildman–Crippen MR) is 66.6 cm³/mol. The van der Waals surface area contributed by atoms with E-state index in [-0.39, 0.29) is 6.61 Å². The molecule has 0 aromatic heterocycles.